The summed E-state index contributed by atoms with van der Waals surface area (Å²) in [5.41, 5.74) is 0. The molecule has 0 unspecified atom stereocenters. The van der Waals surface area contributed by atoms with E-state index < -0.39 is 11.9 Å². The summed E-state index contributed by atoms with van der Waals surface area (Å²) >= 11 is 0. The molecule has 5 heteroatoms. The van der Waals surface area contributed by atoms with Gasteiger partial charge in [0.2, 0.25) is 0 Å². The zero-order valence-electron chi connectivity index (χ0n) is 7.79. The second kappa shape index (κ2) is 13.5. The molecule has 0 radical (unpaired) electrons. The number of carboxylic acids is 2. The second-order valence-corrected chi connectivity index (χ2v) is 1.87. The van der Waals surface area contributed by atoms with E-state index in [0.717, 1.165) is 0 Å². The van der Waals surface area contributed by atoms with Gasteiger partial charge in [0.25, 0.3) is 0 Å². The van der Waals surface area contributed by atoms with Crippen LogP contribution in [-0.2, 0) is 9.59 Å². The van der Waals surface area contributed by atoms with Crippen LogP contribution in [0.2, 0.25) is 0 Å². The van der Waals surface area contributed by atoms with Crippen molar-refractivity contribution in [3.8, 4) is 0 Å². The van der Waals surface area contributed by atoms with E-state index in [-0.39, 0.29) is 42.4 Å². The Morgan fingerprint density at radius 2 is 1.67 bits per heavy atom. The largest absolute Gasteiger partial charge is 1.00 e. The van der Waals surface area contributed by atoms with Gasteiger partial charge < -0.3 is 15.0 Å². The number of carboxylic acid groups (broad SMARTS) is 2. The first-order chi connectivity index (χ1) is 5.04. The smallest absolute Gasteiger partial charge is 0.550 e. The zero-order valence-corrected chi connectivity index (χ0v) is 9.79. The molecule has 0 aliphatic rings. The summed E-state index contributed by atoms with van der Waals surface area (Å²) in [4.78, 5) is 18.9. The molecule has 12 heavy (non-hydrogen) atoms. The first kappa shape index (κ1) is 17.9. The molecule has 0 saturated heterocycles. The molecule has 0 aliphatic heterocycles. The zero-order chi connectivity index (χ0) is 9.28. The van der Waals surface area contributed by atoms with Crippen LogP contribution in [0.5, 0.6) is 0 Å². The molecule has 0 aromatic rings. The van der Waals surface area contributed by atoms with E-state index in [1.54, 1.807) is 13.8 Å². The Morgan fingerprint density at radius 1 is 1.33 bits per heavy atom. The van der Waals surface area contributed by atoms with Gasteiger partial charge in [-0.3, -0.25) is 4.79 Å². The van der Waals surface area contributed by atoms with Gasteiger partial charge in [0.1, 0.15) is 0 Å². The van der Waals surface area contributed by atoms with E-state index in [1.165, 1.54) is 0 Å². The van der Waals surface area contributed by atoms with Crippen molar-refractivity contribution in [1.82, 2.24) is 0 Å². The van der Waals surface area contributed by atoms with Gasteiger partial charge >= 0.3 is 35.5 Å². The molecular weight excluding hydrogens is 171 g/mol. The van der Waals surface area contributed by atoms with E-state index in [2.05, 4.69) is 0 Å². The minimum Gasteiger partial charge on any atom is -0.550 e. The van der Waals surface area contributed by atoms with Gasteiger partial charge in [0.05, 0.1) is 0 Å². The van der Waals surface area contributed by atoms with Crippen molar-refractivity contribution >= 4 is 11.9 Å². The Bertz CT molecular complexity index is 125. The van der Waals surface area contributed by atoms with Crippen LogP contribution < -0.4 is 34.7 Å². The first-order valence-corrected chi connectivity index (χ1v) is 3.46. The summed E-state index contributed by atoms with van der Waals surface area (Å²) in [6.45, 7) is 3.40. The molecule has 0 heterocycles. The molecule has 0 rings (SSSR count). The number of carbonyl (C=O) groups is 2. The molecule has 0 fully saturated rings. The predicted molar refractivity (Wildman–Crippen MR) is 37.8 cm³/mol. The fourth-order valence-corrected chi connectivity index (χ4v) is 0.204. The van der Waals surface area contributed by atoms with E-state index in [0.29, 0.717) is 6.42 Å². The molecule has 0 spiro atoms. The van der Waals surface area contributed by atoms with Crippen LogP contribution in [0.3, 0.4) is 0 Å². The van der Waals surface area contributed by atoms with E-state index in [1.807, 2.05) is 0 Å². The van der Waals surface area contributed by atoms with E-state index in [4.69, 9.17) is 5.11 Å². The molecule has 0 saturated carbocycles. The van der Waals surface area contributed by atoms with Crippen molar-refractivity contribution in [3.63, 3.8) is 0 Å². The third-order valence-corrected chi connectivity index (χ3v) is 0.757. The quantitative estimate of drug-likeness (QED) is 0.475. The fourth-order valence-electron chi connectivity index (χ4n) is 0.204. The Hall–Kier alpha value is -0.0600. The average Bonchev–Trinajstić information content (AvgIpc) is 1.89. The Balaban J connectivity index is -0.000000126. The third kappa shape index (κ3) is 32.6. The van der Waals surface area contributed by atoms with Gasteiger partial charge in [-0.15, -0.1) is 0 Å². The Kier molecular flexibility index (Phi) is 20.2. The average molecular weight is 184 g/mol. The number of rotatable bonds is 3. The van der Waals surface area contributed by atoms with Gasteiger partial charge in [-0.1, -0.05) is 20.3 Å². The van der Waals surface area contributed by atoms with Crippen LogP contribution >= 0.6 is 0 Å². The molecule has 0 aliphatic carbocycles. The van der Waals surface area contributed by atoms with Crippen molar-refractivity contribution in [3.05, 3.63) is 0 Å². The second-order valence-electron chi connectivity index (χ2n) is 1.87. The molecule has 1 N–H and O–H groups in total. The predicted octanol–water partition coefficient (Wildman–Crippen LogP) is -2.98. The van der Waals surface area contributed by atoms with Crippen LogP contribution in [0.25, 0.3) is 0 Å². The van der Waals surface area contributed by atoms with Crippen molar-refractivity contribution < 1.29 is 49.4 Å². The molecular formula is C7H13NaO4. The summed E-state index contributed by atoms with van der Waals surface area (Å²) in [5.74, 6) is -1.71. The normalized spacial score (nSPS) is 7.17. The van der Waals surface area contributed by atoms with Crippen LogP contribution in [0.1, 0.15) is 33.1 Å². The maximum Gasteiger partial charge on any atom is 1.00 e. The van der Waals surface area contributed by atoms with E-state index >= 15 is 0 Å². The van der Waals surface area contributed by atoms with Crippen molar-refractivity contribution in [2.24, 2.45) is 0 Å². The van der Waals surface area contributed by atoms with Crippen LogP contribution in [0.15, 0.2) is 0 Å². The molecule has 0 aromatic heterocycles. The summed E-state index contributed by atoms with van der Waals surface area (Å²) in [5, 5.41) is 17.2. The number of hydrogen-bond donors (Lipinski definition) is 1. The van der Waals surface area contributed by atoms with Gasteiger partial charge in [0, 0.05) is 12.4 Å². The molecule has 66 valence electrons. The van der Waals surface area contributed by atoms with Crippen molar-refractivity contribution in [2.75, 3.05) is 0 Å². The number of carbonyl (C=O) groups excluding carboxylic acids is 1. The maximum absolute atomic E-state index is 9.49. The topological polar surface area (TPSA) is 77.4 Å². The SMILES string of the molecule is CCC(=O)O.CCCC(=O)[O-].[Na+]. The summed E-state index contributed by atoms with van der Waals surface area (Å²) in [6, 6.07) is 0. The summed E-state index contributed by atoms with van der Waals surface area (Å²) in [6.07, 6.45) is 1.07. The number of hydrogen-bond acceptors (Lipinski definition) is 3. The number of aliphatic carboxylic acids is 2. The summed E-state index contributed by atoms with van der Waals surface area (Å²) < 4.78 is 0. The molecule has 0 amide bonds. The van der Waals surface area contributed by atoms with Gasteiger partial charge in [-0.05, 0) is 6.42 Å². The van der Waals surface area contributed by atoms with Gasteiger partial charge in [0.15, 0.2) is 0 Å². The molecule has 4 nitrogen and oxygen atoms in total. The van der Waals surface area contributed by atoms with Gasteiger partial charge in [-0.2, -0.15) is 0 Å². The molecule has 0 bridgehead atoms. The minimum absolute atomic E-state index is 0. The Morgan fingerprint density at radius 3 is 1.67 bits per heavy atom. The summed E-state index contributed by atoms with van der Waals surface area (Å²) in [7, 11) is 0. The van der Waals surface area contributed by atoms with Crippen molar-refractivity contribution in [1.29, 1.82) is 0 Å². The van der Waals surface area contributed by atoms with E-state index in [9.17, 15) is 14.7 Å². The Labute approximate surface area is 94.3 Å². The molecule has 0 aromatic carbocycles. The monoisotopic (exact) mass is 184 g/mol. The van der Waals surface area contributed by atoms with Crippen molar-refractivity contribution in [2.45, 2.75) is 33.1 Å². The van der Waals surface area contributed by atoms with Crippen LogP contribution in [0, 0.1) is 0 Å². The van der Waals surface area contributed by atoms with Crippen LogP contribution in [-0.4, -0.2) is 17.0 Å². The standard InChI is InChI=1S/C4H8O2.C3H6O2.Na/c1-2-3-4(5)6;1-2-3(4)5;/h2-3H2,1H3,(H,5,6);2H2,1H3,(H,4,5);/q;;+1/p-1. The fraction of sp³-hybridized carbons (Fsp3) is 0.714. The first-order valence-electron chi connectivity index (χ1n) is 3.46. The van der Waals surface area contributed by atoms with Crippen LogP contribution in [0.4, 0.5) is 0 Å². The third-order valence-electron chi connectivity index (χ3n) is 0.757. The maximum atomic E-state index is 9.49. The minimum atomic E-state index is -0.961. The van der Waals surface area contributed by atoms with Gasteiger partial charge in [-0.25, -0.2) is 0 Å². The molecule has 0 atom stereocenters.